The van der Waals surface area contributed by atoms with Crippen molar-refractivity contribution in [1.82, 2.24) is 10.9 Å². The first kappa shape index (κ1) is 14.4. The van der Waals surface area contributed by atoms with Gasteiger partial charge in [-0.2, -0.15) is 0 Å². The van der Waals surface area contributed by atoms with Crippen molar-refractivity contribution in [2.45, 2.75) is 25.7 Å². The predicted octanol–water partition coefficient (Wildman–Crippen LogP) is 3.30. The number of allylic oxidation sites excluding steroid dienone is 2. The lowest BCUT2D eigenvalue weighted by Gasteiger charge is -2.15. The Morgan fingerprint density at radius 3 is 2.77 bits per heavy atom. The molecule has 0 atom stereocenters. The van der Waals surface area contributed by atoms with Crippen LogP contribution in [0.25, 0.3) is 10.8 Å². The van der Waals surface area contributed by atoms with Gasteiger partial charge in [-0.3, -0.25) is 10.2 Å². The van der Waals surface area contributed by atoms with Crippen molar-refractivity contribution >= 4 is 16.7 Å². The highest BCUT2D eigenvalue weighted by atomic mass is 16.5. The van der Waals surface area contributed by atoms with Gasteiger partial charge in [-0.05, 0) is 48.6 Å². The minimum atomic E-state index is -0.181. The van der Waals surface area contributed by atoms with E-state index in [2.05, 4.69) is 16.9 Å². The third-order valence-electron chi connectivity index (χ3n) is 3.74. The molecule has 1 aliphatic carbocycles. The number of hydrazine groups is 1. The number of amides is 1. The van der Waals surface area contributed by atoms with Crippen LogP contribution in [0.1, 0.15) is 25.7 Å². The van der Waals surface area contributed by atoms with Crippen molar-refractivity contribution in [3.63, 3.8) is 0 Å². The average Bonchev–Trinajstić information content (AvgIpc) is 2.59. The van der Waals surface area contributed by atoms with Gasteiger partial charge in [0.2, 0.25) is 0 Å². The zero-order valence-corrected chi connectivity index (χ0v) is 12.5. The van der Waals surface area contributed by atoms with Gasteiger partial charge in [0.1, 0.15) is 5.75 Å². The first-order valence-electron chi connectivity index (χ1n) is 7.67. The molecule has 0 heterocycles. The number of benzene rings is 2. The molecule has 0 unspecified atom stereocenters. The van der Waals surface area contributed by atoms with Crippen LogP contribution in [0.2, 0.25) is 0 Å². The fraction of sp³-hybridized carbons (Fsp3) is 0.278. The van der Waals surface area contributed by atoms with Crippen molar-refractivity contribution in [2.75, 3.05) is 6.61 Å². The standard InChI is InChI=1S/C18H20N2O2/c21-18(20-19-16-8-2-1-3-9-16)13-22-17-11-10-14-6-4-5-7-15(14)12-17/h4-8,10-12,19H,1-3,9,13H2,(H,20,21). The van der Waals surface area contributed by atoms with E-state index in [1.807, 2.05) is 42.5 Å². The van der Waals surface area contributed by atoms with Gasteiger partial charge in [0.05, 0.1) is 0 Å². The predicted molar refractivity (Wildman–Crippen MR) is 87.3 cm³/mol. The maximum Gasteiger partial charge on any atom is 0.276 e. The Balaban J connectivity index is 1.50. The molecular formula is C18H20N2O2. The Bertz CT molecular complexity index is 694. The quantitative estimate of drug-likeness (QED) is 0.832. The third-order valence-corrected chi connectivity index (χ3v) is 3.74. The minimum Gasteiger partial charge on any atom is -0.484 e. The van der Waals surface area contributed by atoms with E-state index in [0.717, 1.165) is 29.3 Å². The summed E-state index contributed by atoms with van der Waals surface area (Å²) in [6, 6.07) is 13.9. The molecule has 0 saturated carbocycles. The van der Waals surface area contributed by atoms with Crippen LogP contribution in [0.15, 0.2) is 54.2 Å². The van der Waals surface area contributed by atoms with Crippen molar-refractivity contribution in [3.05, 3.63) is 54.2 Å². The van der Waals surface area contributed by atoms with Gasteiger partial charge in [0, 0.05) is 5.70 Å². The Kier molecular flexibility index (Phi) is 4.59. The summed E-state index contributed by atoms with van der Waals surface area (Å²) < 4.78 is 5.54. The Morgan fingerprint density at radius 2 is 1.95 bits per heavy atom. The number of fused-ring (bicyclic) bond motifs is 1. The normalized spacial score (nSPS) is 14.3. The number of nitrogens with one attached hydrogen (secondary N) is 2. The summed E-state index contributed by atoms with van der Waals surface area (Å²) in [5.41, 5.74) is 6.73. The van der Waals surface area contributed by atoms with Gasteiger partial charge in [-0.15, -0.1) is 0 Å². The van der Waals surface area contributed by atoms with Crippen LogP contribution in [0.5, 0.6) is 5.75 Å². The number of carbonyl (C=O) groups is 1. The zero-order chi connectivity index (χ0) is 15.2. The highest BCUT2D eigenvalue weighted by molar-refractivity contribution is 5.84. The van der Waals surface area contributed by atoms with Crippen LogP contribution >= 0.6 is 0 Å². The molecular weight excluding hydrogens is 276 g/mol. The van der Waals surface area contributed by atoms with Crippen LogP contribution in [0, 0.1) is 0 Å². The lowest BCUT2D eigenvalue weighted by molar-refractivity contribution is -0.123. The van der Waals surface area contributed by atoms with Crippen molar-refractivity contribution in [1.29, 1.82) is 0 Å². The van der Waals surface area contributed by atoms with E-state index in [0.29, 0.717) is 5.75 Å². The van der Waals surface area contributed by atoms with E-state index in [9.17, 15) is 4.79 Å². The Morgan fingerprint density at radius 1 is 1.09 bits per heavy atom. The van der Waals surface area contributed by atoms with E-state index < -0.39 is 0 Å². The lowest BCUT2D eigenvalue weighted by atomic mass is 10.1. The molecule has 22 heavy (non-hydrogen) atoms. The van der Waals surface area contributed by atoms with Gasteiger partial charge in [-0.25, -0.2) is 0 Å². The smallest absolute Gasteiger partial charge is 0.276 e. The molecule has 2 aromatic rings. The van der Waals surface area contributed by atoms with Gasteiger partial charge in [0.25, 0.3) is 5.91 Å². The molecule has 4 nitrogen and oxygen atoms in total. The monoisotopic (exact) mass is 296 g/mol. The number of hydrogen-bond donors (Lipinski definition) is 2. The molecule has 0 saturated heterocycles. The largest absolute Gasteiger partial charge is 0.484 e. The fourth-order valence-corrected chi connectivity index (χ4v) is 2.54. The van der Waals surface area contributed by atoms with Crippen LogP contribution in [-0.4, -0.2) is 12.5 Å². The molecule has 114 valence electrons. The molecule has 1 aliphatic rings. The molecule has 0 aromatic heterocycles. The van der Waals surface area contributed by atoms with Crippen LogP contribution in [-0.2, 0) is 4.79 Å². The van der Waals surface area contributed by atoms with E-state index in [1.54, 1.807) is 0 Å². The molecule has 0 aliphatic heterocycles. The highest BCUT2D eigenvalue weighted by Gasteiger charge is 2.06. The number of ether oxygens (including phenoxy) is 1. The SMILES string of the molecule is O=C(COc1ccc2ccccc2c1)NNC1=CCCCC1. The molecule has 4 heteroatoms. The summed E-state index contributed by atoms with van der Waals surface area (Å²) in [7, 11) is 0. The number of hydrogen-bond acceptors (Lipinski definition) is 3. The minimum absolute atomic E-state index is 0.00137. The number of carbonyl (C=O) groups excluding carboxylic acids is 1. The molecule has 0 spiro atoms. The van der Waals surface area contributed by atoms with Crippen molar-refractivity contribution in [3.8, 4) is 5.75 Å². The molecule has 2 N–H and O–H groups in total. The van der Waals surface area contributed by atoms with E-state index >= 15 is 0 Å². The summed E-state index contributed by atoms with van der Waals surface area (Å²) in [6.45, 7) is -0.00137. The first-order valence-corrected chi connectivity index (χ1v) is 7.67. The van der Waals surface area contributed by atoms with Gasteiger partial charge < -0.3 is 10.2 Å². The molecule has 0 radical (unpaired) electrons. The fourth-order valence-electron chi connectivity index (χ4n) is 2.54. The first-order chi connectivity index (χ1) is 10.8. The van der Waals surface area contributed by atoms with Crippen LogP contribution in [0.3, 0.4) is 0 Å². The number of rotatable bonds is 5. The van der Waals surface area contributed by atoms with E-state index in [-0.39, 0.29) is 12.5 Å². The average molecular weight is 296 g/mol. The Labute approximate surface area is 130 Å². The van der Waals surface area contributed by atoms with Crippen molar-refractivity contribution in [2.24, 2.45) is 0 Å². The Hall–Kier alpha value is -2.49. The summed E-state index contributed by atoms with van der Waals surface area (Å²) >= 11 is 0. The van der Waals surface area contributed by atoms with E-state index in [4.69, 9.17) is 4.74 Å². The van der Waals surface area contributed by atoms with E-state index in [1.165, 1.54) is 12.8 Å². The maximum atomic E-state index is 11.8. The molecule has 0 bridgehead atoms. The summed E-state index contributed by atoms with van der Waals surface area (Å²) in [5.74, 6) is 0.519. The van der Waals surface area contributed by atoms with Gasteiger partial charge in [-0.1, -0.05) is 36.4 Å². The molecule has 0 fully saturated rings. The van der Waals surface area contributed by atoms with Crippen LogP contribution in [0.4, 0.5) is 0 Å². The van der Waals surface area contributed by atoms with Crippen LogP contribution < -0.4 is 15.6 Å². The second kappa shape index (κ2) is 6.98. The third kappa shape index (κ3) is 3.79. The summed E-state index contributed by atoms with van der Waals surface area (Å²) in [5, 5.41) is 2.26. The zero-order valence-electron chi connectivity index (χ0n) is 12.5. The summed E-state index contributed by atoms with van der Waals surface area (Å²) in [4.78, 5) is 11.8. The second-order valence-corrected chi connectivity index (χ2v) is 5.45. The van der Waals surface area contributed by atoms with Crippen molar-refractivity contribution < 1.29 is 9.53 Å². The lowest BCUT2D eigenvalue weighted by Crippen LogP contribution is -2.40. The second-order valence-electron chi connectivity index (χ2n) is 5.45. The highest BCUT2D eigenvalue weighted by Crippen LogP contribution is 2.20. The van der Waals surface area contributed by atoms with Gasteiger partial charge >= 0.3 is 0 Å². The maximum absolute atomic E-state index is 11.8. The topological polar surface area (TPSA) is 50.4 Å². The molecule has 1 amide bonds. The molecule has 2 aromatic carbocycles. The van der Waals surface area contributed by atoms with Gasteiger partial charge in [0.15, 0.2) is 6.61 Å². The summed E-state index contributed by atoms with van der Waals surface area (Å²) in [6.07, 6.45) is 6.60. The molecule has 3 rings (SSSR count).